The molecule has 1 amide bonds. The fourth-order valence-corrected chi connectivity index (χ4v) is 11.9. The van der Waals surface area contributed by atoms with Crippen molar-refractivity contribution in [2.45, 2.75) is 370 Å². The number of rotatable bonds is 61. The van der Waals surface area contributed by atoms with Gasteiger partial charge in [-0.15, -0.1) is 0 Å². The molecule has 0 radical (unpaired) electrons. The summed E-state index contributed by atoms with van der Waals surface area (Å²) in [5.74, 6) is -0.271. The SMILES string of the molecule is CC/C=C\C/C=C\C/C=C\C/C=C\C/C=C\C/C=C\C/C=C\CCCCCC(=O)NC(COC1OC(CO)C(OC2OC(CO)C(O)C(O)C2O)C(O)C1O)C(O)/C=C/CCCCCCCCCCCCCCCCCCCCCCCCCCCCCCCCC. The van der Waals surface area contributed by atoms with Crippen molar-refractivity contribution in [2.75, 3.05) is 19.8 Å². The van der Waals surface area contributed by atoms with Gasteiger partial charge in [0.2, 0.25) is 5.91 Å². The van der Waals surface area contributed by atoms with Gasteiger partial charge in [0.05, 0.1) is 32.0 Å². The van der Waals surface area contributed by atoms with Gasteiger partial charge in [0.25, 0.3) is 0 Å². The number of carbonyl (C=O) groups is 1. The van der Waals surface area contributed by atoms with Crippen LogP contribution in [0.5, 0.6) is 0 Å². The normalized spacial score (nSPS) is 23.2. The van der Waals surface area contributed by atoms with Crippen LogP contribution in [0.2, 0.25) is 0 Å². The first-order chi connectivity index (χ1) is 45.1. The summed E-state index contributed by atoms with van der Waals surface area (Å²) in [5, 5.41) is 87.5. The average molecular weight is 1300 g/mol. The molecule has 14 nitrogen and oxygen atoms in total. The lowest BCUT2D eigenvalue weighted by molar-refractivity contribution is -0.359. The molecule has 12 unspecified atom stereocenters. The van der Waals surface area contributed by atoms with Crippen LogP contribution in [0.25, 0.3) is 0 Å². The van der Waals surface area contributed by atoms with Gasteiger partial charge in [0.1, 0.15) is 48.8 Å². The Morgan fingerprint density at radius 3 is 1.15 bits per heavy atom. The molecule has 9 N–H and O–H groups in total. The van der Waals surface area contributed by atoms with Crippen molar-refractivity contribution in [1.29, 1.82) is 0 Å². The molecular formula is C78H137NO13. The van der Waals surface area contributed by atoms with Crippen LogP contribution < -0.4 is 5.32 Å². The van der Waals surface area contributed by atoms with Gasteiger partial charge >= 0.3 is 0 Å². The summed E-state index contributed by atoms with van der Waals surface area (Å²) in [6, 6.07) is -0.942. The molecule has 2 aliphatic rings. The minimum atomic E-state index is -1.80. The summed E-state index contributed by atoms with van der Waals surface area (Å²) in [4.78, 5) is 13.3. The maximum atomic E-state index is 13.3. The maximum absolute atomic E-state index is 13.3. The third-order valence-electron chi connectivity index (χ3n) is 17.8. The highest BCUT2D eigenvalue weighted by molar-refractivity contribution is 5.76. The van der Waals surface area contributed by atoms with Crippen molar-refractivity contribution in [3.05, 3.63) is 97.2 Å². The van der Waals surface area contributed by atoms with E-state index in [1.165, 1.54) is 186 Å². The van der Waals surface area contributed by atoms with E-state index in [4.69, 9.17) is 18.9 Å². The number of unbranched alkanes of at least 4 members (excludes halogenated alkanes) is 34. The standard InChI is InChI=1S/C78H137NO13/c1-3-5-7-9-11-13-15-17-19-21-23-25-27-29-30-31-32-33-34-35-36-38-39-41-43-45-47-49-51-53-55-57-59-61-67(82)66(65-89-77-75(88)73(86)76(69(64-81)91-77)92-78-74(87)72(85)71(84)68(63-80)90-78)79-70(83)62-60-58-56-54-52-50-48-46-44-42-40-37-28-26-24-22-20-18-16-14-12-10-8-6-4-2/h6,8,12,14,18,20,24,26,37,40,44,46,50,52,59,61,66-69,71-78,80-82,84-88H,3-5,7,9-11,13,15-17,19,21-23,25,27-36,38-39,41-43,45,47-49,51,53-58,60,62-65H2,1-2H3,(H,79,83)/b8-6-,14-12-,20-18-,26-24-,40-37-,46-44-,52-50-,61-59+. The minimum Gasteiger partial charge on any atom is -0.394 e. The number of hydrogen-bond acceptors (Lipinski definition) is 13. The van der Waals surface area contributed by atoms with Crippen LogP contribution in [0.3, 0.4) is 0 Å². The van der Waals surface area contributed by atoms with Crippen molar-refractivity contribution in [1.82, 2.24) is 5.32 Å². The largest absolute Gasteiger partial charge is 0.394 e. The summed E-state index contributed by atoms with van der Waals surface area (Å²) in [5.41, 5.74) is 0. The number of ether oxygens (including phenoxy) is 4. The van der Waals surface area contributed by atoms with Crippen LogP contribution in [0.4, 0.5) is 0 Å². The van der Waals surface area contributed by atoms with Gasteiger partial charge in [0.15, 0.2) is 12.6 Å². The van der Waals surface area contributed by atoms with E-state index in [9.17, 15) is 45.6 Å². The second-order valence-electron chi connectivity index (χ2n) is 26.0. The second kappa shape index (κ2) is 61.5. The Morgan fingerprint density at radius 2 is 0.750 bits per heavy atom. The predicted molar refractivity (Wildman–Crippen MR) is 378 cm³/mol. The molecule has 92 heavy (non-hydrogen) atoms. The molecule has 0 aromatic rings. The zero-order valence-electron chi connectivity index (χ0n) is 58.0. The molecule has 12 atom stereocenters. The number of amides is 1. The van der Waals surface area contributed by atoms with E-state index in [0.29, 0.717) is 6.42 Å². The smallest absolute Gasteiger partial charge is 0.220 e. The van der Waals surface area contributed by atoms with Crippen molar-refractivity contribution in [2.24, 2.45) is 0 Å². The van der Waals surface area contributed by atoms with Crippen molar-refractivity contribution < 1.29 is 64.6 Å². The van der Waals surface area contributed by atoms with Crippen LogP contribution in [0.1, 0.15) is 296 Å². The third kappa shape index (κ3) is 44.6. The zero-order valence-corrected chi connectivity index (χ0v) is 58.0. The summed E-state index contributed by atoms with van der Waals surface area (Å²) in [6.45, 7) is 2.69. The lowest BCUT2D eigenvalue weighted by Crippen LogP contribution is -2.65. The Labute approximate surface area is 560 Å². The Hall–Kier alpha value is -3.09. The molecule has 2 aliphatic heterocycles. The van der Waals surface area contributed by atoms with Crippen LogP contribution in [0.15, 0.2) is 97.2 Å². The van der Waals surface area contributed by atoms with Gasteiger partial charge in [-0.1, -0.05) is 310 Å². The van der Waals surface area contributed by atoms with Gasteiger partial charge in [0, 0.05) is 6.42 Å². The molecule has 0 aliphatic carbocycles. The van der Waals surface area contributed by atoms with Crippen molar-refractivity contribution >= 4 is 5.91 Å². The maximum Gasteiger partial charge on any atom is 0.220 e. The van der Waals surface area contributed by atoms with Gasteiger partial charge < -0.3 is 65.1 Å². The highest BCUT2D eigenvalue weighted by Crippen LogP contribution is 2.30. The molecule has 0 bridgehead atoms. The van der Waals surface area contributed by atoms with E-state index in [0.717, 1.165) is 83.5 Å². The van der Waals surface area contributed by atoms with Crippen LogP contribution in [0, 0.1) is 0 Å². The predicted octanol–water partition coefficient (Wildman–Crippen LogP) is 16.1. The molecule has 2 heterocycles. The Bertz CT molecular complexity index is 1920. The summed E-state index contributed by atoms with van der Waals surface area (Å²) < 4.78 is 22.9. The van der Waals surface area contributed by atoms with Crippen LogP contribution in [-0.2, 0) is 23.7 Å². The third-order valence-corrected chi connectivity index (χ3v) is 17.8. The number of allylic oxidation sites excluding steroid dienone is 15. The average Bonchev–Trinajstić information content (AvgIpc) is 0.865. The van der Waals surface area contributed by atoms with Crippen LogP contribution in [-0.4, -0.2) is 140 Å². The zero-order chi connectivity index (χ0) is 66.6. The van der Waals surface area contributed by atoms with Crippen LogP contribution >= 0.6 is 0 Å². The molecule has 0 spiro atoms. The van der Waals surface area contributed by atoms with E-state index in [2.05, 4.69) is 104 Å². The number of hydrogen-bond donors (Lipinski definition) is 9. The van der Waals surface area contributed by atoms with Gasteiger partial charge in [-0.05, 0) is 77.0 Å². The van der Waals surface area contributed by atoms with E-state index < -0.39 is 86.8 Å². The first-order valence-corrected chi connectivity index (χ1v) is 37.5. The first kappa shape index (κ1) is 85.0. The molecule has 2 saturated heterocycles. The number of nitrogens with one attached hydrogen (secondary N) is 1. The Kier molecular flexibility index (Phi) is 56.8. The Balaban J connectivity index is 1.67. The Morgan fingerprint density at radius 1 is 0.402 bits per heavy atom. The van der Waals surface area contributed by atoms with Crippen molar-refractivity contribution in [3.63, 3.8) is 0 Å². The molecule has 532 valence electrons. The number of aliphatic hydroxyl groups excluding tert-OH is 8. The van der Waals surface area contributed by atoms with Gasteiger partial charge in [-0.2, -0.15) is 0 Å². The quantitative estimate of drug-likeness (QED) is 0.0204. The second-order valence-corrected chi connectivity index (χ2v) is 26.0. The highest BCUT2D eigenvalue weighted by atomic mass is 16.7. The molecule has 2 fully saturated rings. The lowest BCUT2D eigenvalue weighted by atomic mass is 9.97. The molecule has 2 rings (SSSR count). The van der Waals surface area contributed by atoms with Crippen molar-refractivity contribution in [3.8, 4) is 0 Å². The van der Waals surface area contributed by atoms with E-state index in [-0.39, 0.29) is 18.9 Å². The van der Waals surface area contributed by atoms with E-state index >= 15 is 0 Å². The summed E-state index contributed by atoms with van der Waals surface area (Å²) >= 11 is 0. The summed E-state index contributed by atoms with van der Waals surface area (Å²) in [6.07, 6.45) is 70.5. The molecule has 0 aromatic carbocycles. The monoisotopic (exact) mass is 1300 g/mol. The number of aliphatic hydroxyl groups is 8. The fraction of sp³-hybridized carbons (Fsp3) is 0.782. The number of carbonyl (C=O) groups excluding carboxylic acids is 1. The topological polar surface area (TPSA) is 228 Å². The van der Waals surface area contributed by atoms with Gasteiger partial charge in [-0.25, -0.2) is 0 Å². The molecular weight excluding hydrogens is 1160 g/mol. The lowest BCUT2D eigenvalue weighted by Gasteiger charge is -2.46. The highest BCUT2D eigenvalue weighted by Gasteiger charge is 2.51. The van der Waals surface area contributed by atoms with E-state index in [1.807, 2.05) is 6.08 Å². The molecule has 0 saturated carbocycles. The van der Waals surface area contributed by atoms with Gasteiger partial charge in [-0.3, -0.25) is 4.79 Å². The first-order valence-electron chi connectivity index (χ1n) is 37.5. The van der Waals surface area contributed by atoms with E-state index in [1.54, 1.807) is 6.08 Å². The summed E-state index contributed by atoms with van der Waals surface area (Å²) in [7, 11) is 0. The minimum absolute atomic E-state index is 0.236. The fourth-order valence-electron chi connectivity index (χ4n) is 11.9. The molecule has 0 aromatic heterocycles. The molecule has 14 heteroatoms.